The number of amides is 2. The Balaban J connectivity index is 2.10. The van der Waals surface area contributed by atoms with Crippen LogP contribution in [0.1, 0.15) is 37.7 Å². The van der Waals surface area contributed by atoms with Gasteiger partial charge in [0.25, 0.3) is 5.91 Å². The first kappa shape index (κ1) is 16.5. The summed E-state index contributed by atoms with van der Waals surface area (Å²) < 4.78 is 0.704. The molecule has 2 atom stereocenters. The normalized spacial score (nSPS) is 13.6. The summed E-state index contributed by atoms with van der Waals surface area (Å²) in [6.45, 7) is 5.60. The topological polar surface area (TPSA) is 74.0 Å². The zero-order chi connectivity index (χ0) is 16.3. The minimum atomic E-state index is -0.597. The lowest BCUT2D eigenvalue weighted by molar-refractivity contribution is -0.123. The highest BCUT2D eigenvalue weighted by Crippen LogP contribution is 2.27. The lowest BCUT2D eigenvalue weighted by Crippen LogP contribution is -2.47. The van der Waals surface area contributed by atoms with E-state index in [1.54, 1.807) is 6.92 Å². The van der Waals surface area contributed by atoms with E-state index >= 15 is 0 Å². The van der Waals surface area contributed by atoms with Gasteiger partial charge in [0, 0.05) is 16.9 Å². The molecule has 2 amide bonds. The molecular weight excluding hydrogens is 346 g/mol. The molecule has 3 N–H and O–H groups in total. The van der Waals surface area contributed by atoms with Crippen LogP contribution in [-0.2, 0) is 4.79 Å². The molecule has 0 aliphatic heterocycles. The molecule has 0 spiro atoms. The van der Waals surface area contributed by atoms with Gasteiger partial charge >= 0.3 is 0 Å². The van der Waals surface area contributed by atoms with Crippen molar-refractivity contribution in [2.24, 2.45) is 0 Å². The summed E-state index contributed by atoms with van der Waals surface area (Å²) >= 11 is 3.44. The Bertz CT molecular complexity index is 696. The third kappa shape index (κ3) is 3.50. The van der Waals surface area contributed by atoms with Crippen LogP contribution in [0.3, 0.4) is 0 Å². The largest absolute Gasteiger partial charge is 0.352 e. The molecule has 0 saturated heterocycles. The Morgan fingerprint density at radius 1 is 1.23 bits per heavy atom. The van der Waals surface area contributed by atoms with E-state index in [0.29, 0.717) is 10.2 Å². The molecule has 1 aromatic heterocycles. The molecule has 1 aromatic carbocycles. The van der Waals surface area contributed by atoms with Crippen molar-refractivity contribution in [3.63, 3.8) is 0 Å². The number of carbonyl (C=O) groups excluding carboxylic acids is 2. The summed E-state index contributed by atoms with van der Waals surface area (Å²) in [6.07, 6.45) is 0.847. The Hall–Kier alpha value is -1.82. The molecule has 6 heteroatoms. The number of halogens is 1. The molecule has 5 nitrogen and oxygen atoms in total. The maximum atomic E-state index is 12.4. The number of aromatic nitrogens is 1. The first-order valence-electron chi connectivity index (χ1n) is 7.31. The van der Waals surface area contributed by atoms with Crippen LogP contribution in [0.15, 0.2) is 28.7 Å². The molecule has 0 fully saturated rings. The molecule has 1 heterocycles. The van der Waals surface area contributed by atoms with E-state index in [0.717, 1.165) is 17.3 Å². The second-order valence-corrected chi connectivity index (χ2v) is 6.17. The summed E-state index contributed by atoms with van der Waals surface area (Å²) in [4.78, 5) is 27.4. The van der Waals surface area contributed by atoms with E-state index in [1.165, 1.54) is 0 Å². The first-order chi connectivity index (χ1) is 10.4. The Morgan fingerprint density at radius 2 is 1.91 bits per heavy atom. The van der Waals surface area contributed by atoms with Crippen molar-refractivity contribution in [2.45, 2.75) is 39.3 Å². The van der Waals surface area contributed by atoms with E-state index in [9.17, 15) is 9.59 Å². The molecule has 22 heavy (non-hydrogen) atoms. The fraction of sp³-hybridized carbons (Fsp3) is 0.375. The summed E-state index contributed by atoms with van der Waals surface area (Å²) in [5, 5.41) is 6.50. The maximum absolute atomic E-state index is 12.4. The average Bonchev–Trinajstić information content (AvgIpc) is 2.84. The molecule has 118 valence electrons. The Morgan fingerprint density at radius 3 is 2.55 bits per heavy atom. The predicted octanol–water partition coefficient (Wildman–Crippen LogP) is 2.96. The molecular formula is C16H20BrN3O2. The number of nitrogens with one attached hydrogen (secondary N) is 3. The zero-order valence-corrected chi connectivity index (χ0v) is 14.5. The van der Waals surface area contributed by atoms with Crippen molar-refractivity contribution < 1.29 is 9.59 Å². The maximum Gasteiger partial charge on any atom is 0.269 e. The van der Waals surface area contributed by atoms with Gasteiger partial charge in [-0.2, -0.15) is 0 Å². The van der Waals surface area contributed by atoms with Crippen LogP contribution in [-0.4, -0.2) is 28.9 Å². The number of rotatable bonds is 5. The smallest absolute Gasteiger partial charge is 0.269 e. The van der Waals surface area contributed by atoms with Crippen molar-refractivity contribution >= 4 is 38.6 Å². The number of benzene rings is 1. The van der Waals surface area contributed by atoms with Gasteiger partial charge in [0.15, 0.2) is 0 Å². The second-order valence-electron chi connectivity index (χ2n) is 5.37. The fourth-order valence-electron chi connectivity index (χ4n) is 2.07. The lowest BCUT2D eigenvalue weighted by Gasteiger charge is -2.17. The number of fused-ring (bicyclic) bond motifs is 1. The lowest BCUT2D eigenvalue weighted by atomic mass is 10.2. The molecule has 0 aliphatic carbocycles. The monoisotopic (exact) mass is 365 g/mol. The highest BCUT2D eigenvalue weighted by Gasteiger charge is 2.21. The van der Waals surface area contributed by atoms with Crippen LogP contribution in [0.25, 0.3) is 10.9 Å². The van der Waals surface area contributed by atoms with Crippen LogP contribution >= 0.6 is 15.9 Å². The molecule has 0 radical (unpaired) electrons. The second kappa shape index (κ2) is 6.96. The summed E-state index contributed by atoms with van der Waals surface area (Å²) in [5.74, 6) is -0.496. The first-order valence-corrected chi connectivity index (χ1v) is 8.10. The van der Waals surface area contributed by atoms with E-state index < -0.39 is 6.04 Å². The highest BCUT2D eigenvalue weighted by molar-refractivity contribution is 9.10. The minimum Gasteiger partial charge on any atom is -0.352 e. The number of aromatic amines is 1. The zero-order valence-electron chi connectivity index (χ0n) is 12.9. The van der Waals surface area contributed by atoms with E-state index in [1.807, 2.05) is 38.1 Å². The van der Waals surface area contributed by atoms with Crippen LogP contribution in [0.2, 0.25) is 0 Å². The quantitative estimate of drug-likeness (QED) is 0.761. The van der Waals surface area contributed by atoms with Gasteiger partial charge in [0.05, 0.1) is 4.47 Å². The van der Waals surface area contributed by atoms with E-state index in [2.05, 4.69) is 31.5 Å². The van der Waals surface area contributed by atoms with Gasteiger partial charge in [-0.15, -0.1) is 0 Å². The van der Waals surface area contributed by atoms with Crippen LogP contribution in [0.4, 0.5) is 0 Å². The van der Waals surface area contributed by atoms with Gasteiger partial charge in [0.2, 0.25) is 5.91 Å². The SMILES string of the molecule is CCC(C)NC(=O)C(C)NC(=O)c1[nH]c2ccccc2c1Br. The molecule has 0 aliphatic rings. The number of hydrogen-bond donors (Lipinski definition) is 3. The average molecular weight is 366 g/mol. The van der Waals surface area contributed by atoms with Crippen molar-refractivity contribution in [3.05, 3.63) is 34.4 Å². The fourth-order valence-corrected chi connectivity index (χ4v) is 2.69. The van der Waals surface area contributed by atoms with Crippen molar-refractivity contribution in [1.82, 2.24) is 15.6 Å². The Kier molecular flexibility index (Phi) is 5.24. The van der Waals surface area contributed by atoms with Gasteiger partial charge in [-0.05, 0) is 42.3 Å². The third-order valence-electron chi connectivity index (χ3n) is 3.61. The van der Waals surface area contributed by atoms with Crippen molar-refractivity contribution in [1.29, 1.82) is 0 Å². The van der Waals surface area contributed by atoms with Gasteiger partial charge in [0.1, 0.15) is 11.7 Å². The number of para-hydroxylation sites is 1. The molecule has 2 unspecified atom stereocenters. The molecule has 0 bridgehead atoms. The van der Waals surface area contributed by atoms with Crippen LogP contribution in [0.5, 0.6) is 0 Å². The van der Waals surface area contributed by atoms with Crippen LogP contribution < -0.4 is 10.6 Å². The van der Waals surface area contributed by atoms with Crippen molar-refractivity contribution in [2.75, 3.05) is 0 Å². The number of carbonyl (C=O) groups is 2. The van der Waals surface area contributed by atoms with E-state index in [-0.39, 0.29) is 17.9 Å². The standard InChI is InChI=1S/C16H20BrN3O2/c1-4-9(2)18-15(21)10(3)19-16(22)14-13(17)11-7-5-6-8-12(11)20-14/h5-10,20H,4H2,1-3H3,(H,18,21)(H,19,22). The third-order valence-corrected chi connectivity index (χ3v) is 4.44. The molecule has 2 rings (SSSR count). The highest BCUT2D eigenvalue weighted by atomic mass is 79.9. The van der Waals surface area contributed by atoms with Crippen molar-refractivity contribution in [3.8, 4) is 0 Å². The van der Waals surface area contributed by atoms with E-state index in [4.69, 9.17) is 0 Å². The Labute approximate surface area is 138 Å². The molecule has 2 aromatic rings. The van der Waals surface area contributed by atoms with Gasteiger partial charge in [-0.3, -0.25) is 9.59 Å². The minimum absolute atomic E-state index is 0.0895. The number of hydrogen-bond acceptors (Lipinski definition) is 2. The predicted molar refractivity (Wildman–Crippen MR) is 90.8 cm³/mol. The van der Waals surface area contributed by atoms with Gasteiger partial charge in [-0.1, -0.05) is 25.1 Å². The summed E-state index contributed by atoms with van der Waals surface area (Å²) in [7, 11) is 0. The number of H-pyrrole nitrogens is 1. The summed E-state index contributed by atoms with van der Waals surface area (Å²) in [5.41, 5.74) is 1.29. The van der Waals surface area contributed by atoms with Gasteiger partial charge in [-0.25, -0.2) is 0 Å². The van der Waals surface area contributed by atoms with Crippen LogP contribution in [0, 0.1) is 0 Å². The summed E-state index contributed by atoms with van der Waals surface area (Å²) in [6, 6.07) is 7.12. The molecule has 0 saturated carbocycles. The van der Waals surface area contributed by atoms with Gasteiger partial charge < -0.3 is 15.6 Å².